The Kier molecular flexibility index (Phi) is 2.82. The summed E-state index contributed by atoms with van der Waals surface area (Å²) < 4.78 is 0. The summed E-state index contributed by atoms with van der Waals surface area (Å²) in [6.45, 7) is 2.83. The van der Waals surface area contributed by atoms with E-state index in [-0.39, 0.29) is 18.2 Å². The van der Waals surface area contributed by atoms with E-state index in [1.165, 1.54) is 0 Å². The van der Waals surface area contributed by atoms with Gasteiger partial charge in [0.15, 0.2) is 5.78 Å². The molecular weight excluding hydrogens is 238 g/mol. The van der Waals surface area contributed by atoms with Crippen LogP contribution in [0.2, 0.25) is 0 Å². The molecule has 2 aromatic carbocycles. The number of amides is 1. The van der Waals surface area contributed by atoms with Gasteiger partial charge < -0.3 is 4.90 Å². The molecule has 1 fully saturated rings. The molecule has 1 saturated heterocycles. The van der Waals surface area contributed by atoms with Gasteiger partial charge in [-0.1, -0.05) is 30.3 Å². The first-order valence-corrected chi connectivity index (χ1v) is 6.46. The third-order valence-corrected chi connectivity index (χ3v) is 3.69. The van der Waals surface area contributed by atoms with E-state index < -0.39 is 0 Å². The first-order valence-electron chi connectivity index (χ1n) is 6.46. The maximum absolute atomic E-state index is 12.5. The van der Waals surface area contributed by atoms with E-state index in [9.17, 15) is 9.59 Å². The van der Waals surface area contributed by atoms with Crippen molar-refractivity contribution < 1.29 is 9.59 Å². The van der Waals surface area contributed by atoms with Gasteiger partial charge in [0.1, 0.15) is 0 Å². The SMILES string of the molecule is Cc1ccc(C(=O)N2CCC(=O)C2)c2ccccc12. The second-order valence-corrected chi connectivity index (χ2v) is 4.99. The molecule has 3 rings (SSSR count). The topological polar surface area (TPSA) is 37.4 Å². The van der Waals surface area contributed by atoms with Crippen LogP contribution in [-0.2, 0) is 4.79 Å². The molecule has 96 valence electrons. The van der Waals surface area contributed by atoms with E-state index in [1.54, 1.807) is 4.90 Å². The van der Waals surface area contributed by atoms with Crippen LogP contribution >= 0.6 is 0 Å². The summed E-state index contributed by atoms with van der Waals surface area (Å²) in [5.74, 6) is 0.104. The van der Waals surface area contributed by atoms with Crippen LogP contribution < -0.4 is 0 Å². The number of Topliss-reactive ketones (excluding diaryl/α,β-unsaturated/α-hetero) is 1. The van der Waals surface area contributed by atoms with Gasteiger partial charge in [0.05, 0.1) is 6.54 Å². The van der Waals surface area contributed by atoms with Crippen LogP contribution in [0.5, 0.6) is 0 Å². The van der Waals surface area contributed by atoms with E-state index in [1.807, 2.05) is 43.3 Å². The monoisotopic (exact) mass is 253 g/mol. The van der Waals surface area contributed by atoms with Gasteiger partial charge >= 0.3 is 0 Å². The zero-order valence-corrected chi connectivity index (χ0v) is 10.8. The van der Waals surface area contributed by atoms with Gasteiger partial charge in [0.2, 0.25) is 0 Å². The number of rotatable bonds is 1. The Labute approximate surface area is 111 Å². The number of nitrogens with zero attached hydrogens (tertiary/aromatic N) is 1. The standard InChI is InChI=1S/C16H15NO2/c1-11-6-7-15(14-5-3-2-4-13(11)14)16(19)17-9-8-12(18)10-17/h2-7H,8-10H2,1H3. The molecule has 0 aliphatic carbocycles. The van der Waals surface area contributed by atoms with Crippen molar-refractivity contribution in [1.82, 2.24) is 4.90 Å². The number of carbonyl (C=O) groups excluding carboxylic acids is 2. The Morgan fingerprint density at radius 2 is 1.84 bits per heavy atom. The van der Waals surface area contributed by atoms with E-state index in [0.29, 0.717) is 18.5 Å². The summed E-state index contributed by atoms with van der Waals surface area (Å²) in [6, 6.07) is 11.7. The zero-order chi connectivity index (χ0) is 13.4. The maximum Gasteiger partial charge on any atom is 0.254 e. The minimum absolute atomic E-state index is 0.0398. The summed E-state index contributed by atoms with van der Waals surface area (Å²) in [5, 5.41) is 2.06. The fourth-order valence-electron chi connectivity index (χ4n) is 2.61. The normalized spacial score (nSPS) is 15.2. The lowest BCUT2D eigenvalue weighted by atomic mass is 9.99. The van der Waals surface area contributed by atoms with Crippen LogP contribution in [-0.4, -0.2) is 29.7 Å². The Bertz CT molecular complexity index is 676. The molecular formula is C16H15NO2. The molecule has 0 bridgehead atoms. The fraction of sp³-hybridized carbons (Fsp3) is 0.250. The van der Waals surface area contributed by atoms with Crippen molar-refractivity contribution in [2.75, 3.05) is 13.1 Å². The Morgan fingerprint density at radius 1 is 1.11 bits per heavy atom. The lowest BCUT2D eigenvalue weighted by Crippen LogP contribution is -2.28. The Hall–Kier alpha value is -2.16. The van der Waals surface area contributed by atoms with Crippen molar-refractivity contribution >= 4 is 22.5 Å². The largest absolute Gasteiger partial charge is 0.331 e. The van der Waals surface area contributed by atoms with Gasteiger partial charge in [-0.15, -0.1) is 0 Å². The van der Waals surface area contributed by atoms with Gasteiger partial charge in [0.25, 0.3) is 5.91 Å². The first kappa shape index (κ1) is 11.9. The van der Waals surface area contributed by atoms with Gasteiger partial charge in [-0.2, -0.15) is 0 Å². The smallest absolute Gasteiger partial charge is 0.254 e. The number of aryl methyl sites for hydroxylation is 1. The first-order chi connectivity index (χ1) is 9.16. The highest BCUT2D eigenvalue weighted by Crippen LogP contribution is 2.24. The summed E-state index contributed by atoms with van der Waals surface area (Å²) >= 11 is 0. The summed E-state index contributed by atoms with van der Waals surface area (Å²) in [5.41, 5.74) is 1.85. The highest BCUT2D eigenvalue weighted by molar-refractivity contribution is 6.09. The third kappa shape index (κ3) is 2.01. The molecule has 0 N–H and O–H groups in total. The van der Waals surface area contributed by atoms with Crippen LogP contribution in [0, 0.1) is 6.92 Å². The van der Waals surface area contributed by atoms with E-state index in [2.05, 4.69) is 0 Å². The Balaban J connectivity index is 2.08. The molecule has 3 nitrogen and oxygen atoms in total. The van der Waals surface area contributed by atoms with Crippen molar-refractivity contribution in [2.24, 2.45) is 0 Å². The lowest BCUT2D eigenvalue weighted by Gasteiger charge is -2.16. The summed E-state index contributed by atoms with van der Waals surface area (Å²) in [7, 11) is 0. The minimum Gasteiger partial charge on any atom is -0.331 e. The second-order valence-electron chi connectivity index (χ2n) is 4.99. The summed E-state index contributed by atoms with van der Waals surface area (Å²) in [4.78, 5) is 25.4. The molecule has 2 aromatic rings. The van der Waals surface area contributed by atoms with E-state index >= 15 is 0 Å². The van der Waals surface area contributed by atoms with Crippen molar-refractivity contribution in [3.8, 4) is 0 Å². The number of hydrogen-bond acceptors (Lipinski definition) is 2. The second kappa shape index (κ2) is 4.50. The zero-order valence-electron chi connectivity index (χ0n) is 10.8. The third-order valence-electron chi connectivity index (χ3n) is 3.69. The van der Waals surface area contributed by atoms with Gasteiger partial charge in [0, 0.05) is 18.5 Å². The van der Waals surface area contributed by atoms with Gasteiger partial charge in [-0.05, 0) is 29.3 Å². The molecule has 19 heavy (non-hydrogen) atoms. The number of benzene rings is 2. The number of hydrogen-bond donors (Lipinski definition) is 0. The molecule has 0 aromatic heterocycles. The van der Waals surface area contributed by atoms with Gasteiger partial charge in [-0.25, -0.2) is 0 Å². The molecule has 0 radical (unpaired) electrons. The lowest BCUT2D eigenvalue weighted by molar-refractivity contribution is -0.116. The molecule has 1 aliphatic rings. The molecule has 0 spiro atoms. The van der Waals surface area contributed by atoms with Crippen molar-refractivity contribution in [2.45, 2.75) is 13.3 Å². The highest BCUT2D eigenvalue weighted by Gasteiger charge is 2.25. The quantitative estimate of drug-likeness (QED) is 0.783. The molecule has 1 aliphatic heterocycles. The molecule has 1 amide bonds. The maximum atomic E-state index is 12.5. The number of likely N-dealkylation sites (tertiary alicyclic amines) is 1. The van der Waals surface area contributed by atoms with Crippen LogP contribution in [0.3, 0.4) is 0 Å². The fourth-order valence-corrected chi connectivity index (χ4v) is 2.61. The molecule has 1 heterocycles. The predicted molar refractivity (Wildman–Crippen MR) is 74.2 cm³/mol. The van der Waals surface area contributed by atoms with Crippen LogP contribution in [0.15, 0.2) is 36.4 Å². The van der Waals surface area contributed by atoms with Crippen molar-refractivity contribution in [3.63, 3.8) is 0 Å². The number of carbonyl (C=O) groups is 2. The van der Waals surface area contributed by atoms with Crippen LogP contribution in [0.25, 0.3) is 10.8 Å². The average molecular weight is 253 g/mol. The van der Waals surface area contributed by atoms with Crippen LogP contribution in [0.4, 0.5) is 0 Å². The molecule has 0 saturated carbocycles. The van der Waals surface area contributed by atoms with Gasteiger partial charge in [-0.3, -0.25) is 9.59 Å². The average Bonchev–Trinajstić information content (AvgIpc) is 2.86. The summed E-state index contributed by atoms with van der Waals surface area (Å²) in [6.07, 6.45) is 0.482. The number of fused-ring (bicyclic) bond motifs is 1. The highest BCUT2D eigenvalue weighted by atomic mass is 16.2. The molecule has 0 unspecified atom stereocenters. The molecule has 3 heteroatoms. The number of ketones is 1. The van der Waals surface area contributed by atoms with Crippen LogP contribution in [0.1, 0.15) is 22.3 Å². The predicted octanol–water partition coefficient (Wildman–Crippen LogP) is 2.56. The van der Waals surface area contributed by atoms with E-state index in [4.69, 9.17) is 0 Å². The minimum atomic E-state index is -0.0398. The molecule has 0 atom stereocenters. The Morgan fingerprint density at radius 3 is 2.53 bits per heavy atom. The van der Waals surface area contributed by atoms with Crippen molar-refractivity contribution in [1.29, 1.82) is 0 Å². The van der Waals surface area contributed by atoms with Crippen molar-refractivity contribution in [3.05, 3.63) is 47.5 Å². The van der Waals surface area contributed by atoms with E-state index in [0.717, 1.165) is 16.3 Å².